The van der Waals surface area contributed by atoms with E-state index in [9.17, 15) is 9.59 Å². The summed E-state index contributed by atoms with van der Waals surface area (Å²) in [6.07, 6.45) is -0.143. The number of benzene rings is 1. The smallest absolute Gasteiger partial charge is 0.305 e. The molecule has 1 aromatic rings. The standard InChI is InChI=1S/C14H19NO4/c1-10(9-19-2)14(18)15-12(8-13(16)17)11-6-4-3-5-7-11/h3-7,10,12H,8-9H2,1-2H3,(H,15,18)(H,16,17). The summed E-state index contributed by atoms with van der Waals surface area (Å²) in [6.45, 7) is 2.04. The van der Waals surface area contributed by atoms with Crippen LogP contribution in [0, 0.1) is 5.92 Å². The maximum Gasteiger partial charge on any atom is 0.305 e. The molecule has 1 rings (SSSR count). The van der Waals surface area contributed by atoms with Crippen molar-refractivity contribution in [3.05, 3.63) is 35.9 Å². The Hall–Kier alpha value is -1.88. The van der Waals surface area contributed by atoms with Crippen LogP contribution >= 0.6 is 0 Å². The molecule has 5 heteroatoms. The minimum atomic E-state index is -0.950. The van der Waals surface area contributed by atoms with Gasteiger partial charge in [0.05, 0.1) is 25.0 Å². The van der Waals surface area contributed by atoms with Crippen molar-refractivity contribution in [2.45, 2.75) is 19.4 Å². The van der Waals surface area contributed by atoms with Gasteiger partial charge in [0.2, 0.25) is 5.91 Å². The van der Waals surface area contributed by atoms with E-state index >= 15 is 0 Å². The highest BCUT2D eigenvalue weighted by molar-refractivity contribution is 5.79. The van der Waals surface area contributed by atoms with Gasteiger partial charge in [0, 0.05) is 7.11 Å². The maximum atomic E-state index is 11.9. The van der Waals surface area contributed by atoms with E-state index in [2.05, 4.69) is 5.32 Å². The average Bonchev–Trinajstić information content (AvgIpc) is 2.38. The van der Waals surface area contributed by atoms with Gasteiger partial charge in [-0.25, -0.2) is 0 Å². The van der Waals surface area contributed by atoms with Crippen LogP contribution < -0.4 is 5.32 Å². The van der Waals surface area contributed by atoms with Gasteiger partial charge in [0.25, 0.3) is 0 Å². The Labute approximate surface area is 112 Å². The number of methoxy groups -OCH3 is 1. The fraction of sp³-hybridized carbons (Fsp3) is 0.429. The van der Waals surface area contributed by atoms with Gasteiger partial charge in [-0.15, -0.1) is 0 Å². The highest BCUT2D eigenvalue weighted by Gasteiger charge is 2.21. The number of rotatable bonds is 7. The van der Waals surface area contributed by atoms with Crippen LogP contribution in [0.2, 0.25) is 0 Å². The number of carbonyl (C=O) groups is 2. The lowest BCUT2D eigenvalue weighted by molar-refractivity contribution is -0.138. The van der Waals surface area contributed by atoms with Gasteiger partial charge in [-0.2, -0.15) is 0 Å². The predicted octanol–water partition coefficient (Wildman–Crippen LogP) is 1.60. The first kappa shape index (κ1) is 15.2. The lowest BCUT2D eigenvalue weighted by Gasteiger charge is -2.20. The monoisotopic (exact) mass is 265 g/mol. The third-order valence-electron chi connectivity index (χ3n) is 2.76. The number of amides is 1. The molecule has 0 fully saturated rings. The summed E-state index contributed by atoms with van der Waals surface area (Å²) in [5, 5.41) is 11.7. The summed E-state index contributed by atoms with van der Waals surface area (Å²) < 4.78 is 4.92. The number of nitrogens with one attached hydrogen (secondary N) is 1. The molecule has 5 nitrogen and oxygen atoms in total. The molecule has 19 heavy (non-hydrogen) atoms. The van der Waals surface area contributed by atoms with Gasteiger partial charge >= 0.3 is 5.97 Å². The van der Waals surface area contributed by atoms with Crippen LogP contribution in [-0.2, 0) is 14.3 Å². The van der Waals surface area contributed by atoms with Crippen LogP contribution in [0.15, 0.2) is 30.3 Å². The van der Waals surface area contributed by atoms with Crippen molar-refractivity contribution in [1.29, 1.82) is 0 Å². The molecular weight excluding hydrogens is 246 g/mol. The summed E-state index contributed by atoms with van der Waals surface area (Å²) in [4.78, 5) is 22.8. The zero-order valence-electron chi connectivity index (χ0n) is 11.1. The van der Waals surface area contributed by atoms with Crippen LogP contribution in [-0.4, -0.2) is 30.7 Å². The first-order chi connectivity index (χ1) is 9.04. The van der Waals surface area contributed by atoms with E-state index in [0.29, 0.717) is 6.61 Å². The molecule has 0 heterocycles. The van der Waals surface area contributed by atoms with Crippen LogP contribution in [0.4, 0.5) is 0 Å². The summed E-state index contributed by atoms with van der Waals surface area (Å²) >= 11 is 0. The molecule has 0 radical (unpaired) electrons. The SMILES string of the molecule is COCC(C)C(=O)NC(CC(=O)O)c1ccccc1. The highest BCUT2D eigenvalue weighted by Crippen LogP contribution is 2.17. The molecule has 0 bridgehead atoms. The van der Waals surface area contributed by atoms with Crippen molar-refractivity contribution in [1.82, 2.24) is 5.32 Å². The zero-order chi connectivity index (χ0) is 14.3. The Kier molecular flexibility index (Phi) is 6.02. The second-order valence-corrected chi connectivity index (χ2v) is 4.43. The number of carboxylic acids is 1. The van der Waals surface area contributed by atoms with E-state index in [1.807, 2.05) is 18.2 Å². The molecule has 0 aliphatic rings. The molecule has 2 N–H and O–H groups in total. The van der Waals surface area contributed by atoms with Gasteiger partial charge in [0.1, 0.15) is 0 Å². The number of carboxylic acid groups (broad SMARTS) is 1. The zero-order valence-corrected chi connectivity index (χ0v) is 11.1. The van der Waals surface area contributed by atoms with Crippen LogP contribution in [0.1, 0.15) is 24.9 Å². The largest absolute Gasteiger partial charge is 0.481 e. The minimum Gasteiger partial charge on any atom is -0.481 e. The van der Waals surface area contributed by atoms with Crippen LogP contribution in [0.3, 0.4) is 0 Å². The second kappa shape index (κ2) is 7.53. The van der Waals surface area contributed by atoms with Crippen molar-refractivity contribution < 1.29 is 19.4 Å². The summed E-state index contributed by atoms with van der Waals surface area (Å²) in [7, 11) is 1.52. The molecule has 0 aliphatic carbocycles. The lowest BCUT2D eigenvalue weighted by atomic mass is 10.0. The van der Waals surface area contributed by atoms with Crippen molar-refractivity contribution in [3.8, 4) is 0 Å². The van der Waals surface area contributed by atoms with Gasteiger partial charge < -0.3 is 15.2 Å². The van der Waals surface area contributed by atoms with Gasteiger partial charge in [-0.1, -0.05) is 37.3 Å². The maximum absolute atomic E-state index is 11.9. The fourth-order valence-corrected chi connectivity index (χ4v) is 1.75. The van der Waals surface area contributed by atoms with Crippen molar-refractivity contribution in [2.75, 3.05) is 13.7 Å². The Morgan fingerprint density at radius 3 is 2.47 bits per heavy atom. The predicted molar refractivity (Wildman–Crippen MR) is 70.6 cm³/mol. The Morgan fingerprint density at radius 2 is 1.95 bits per heavy atom. The molecule has 0 aliphatic heterocycles. The Morgan fingerprint density at radius 1 is 1.32 bits per heavy atom. The number of hydrogen-bond acceptors (Lipinski definition) is 3. The number of hydrogen-bond donors (Lipinski definition) is 2. The third-order valence-corrected chi connectivity index (χ3v) is 2.76. The first-order valence-corrected chi connectivity index (χ1v) is 6.10. The molecular formula is C14H19NO4. The molecule has 2 unspecified atom stereocenters. The fourth-order valence-electron chi connectivity index (χ4n) is 1.75. The average molecular weight is 265 g/mol. The molecule has 0 aromatic heterocycles. The molecule has 104 valence electrons. The van der Waals surface area contributed by atoms with Gasteiger partial charge in [-0.05, 0) is 5.56 Å². The summed E-state index contributed by atoms with van der Waals surface area (Å²) in [5.41, 5.74) is 0.780. The summed E-state index contributed by atoms with van der Waals surface area (Å²) in [6, 6.07) is 8.55. The second-order valence-electron chi connectivity index (χ2n) is 4.43. The van der Waals surface area contributed by atoms with Gasteiger partial charge in [0.15, 0.2) is 0 Å². The Bertz CT molecular complexity index is 419. The van der Waals surface area contributed by atoms with Crippen molar-refractivity contribution in [3.63, 3.8) is 0 Å². The highest BCUT2D eigenvalue weighted by atomic mass is 16.5. The quantitative estimate of drug-likeness (QED) is 0.785. The van der Waals surface area contributed by atoms with Crippen LogP contribution in [0.5, 0.6) is 0 Å². The number of carbonyl (C=O) groups excluding carboxylic acids is 1. The topological polar surface area (TPSA) is 75.6 Å². The molecule has 0 spiro atoms. The number of ether oxygens (including phenoxy) is 1. The molecule has 1 amide bonds. The van der Waals surface area contributed by atoms with Crippen molar-refractivity contribution in [2.24, 2.45) is 5.92 Å². The first-order valence-electron chi connectivity index (χ1n) is 6.10. The third kappa shape index (κ3) is 5.09. The van der Waals surface area contributed by atoms with Crippen molar-refractivity contribution >= 4 is 11.9 Å². The van der Waals surface area contributed by atoms with Crippen LogP contribution in [0.25, 0.3) is 0 Å². The van der Waals surface area contributed by atoms with E-state index in [1.54, 1.807) is 19.1 Å². The molecule has 0 saturated carbocycles. The van der Waals surface area contributed by atoms with Gasteiger partial charge in [-0.3, -0.25) is 9.59 Å². The van der Waals surface area contributed by atoms with E-state index in [-0.39, 0.29) is 18.2 Å². The van der Waals surface area contributed by atoms with E-state index in [1.165, 1.54) is 7.11 Å². The lowest BCUT2D eigenvalue weighted by Crippen LogP contribution is -2.35. The van der Waals surface area contributed by atoms with E-state index in [4.69, 9.17) is 9.84 Å². The minimum absolute atomic E-state index is 0.143. The normalized spacial score (nSPS) is 13.6. The van der Waals surface area contributed by atoms with E-state index in [0.717, 1.165) is 5.56 Å². The summed E-state index contributed by atoms with van der Waals surface area (Å²) in [5.74, 6) is -1.48. The van der Waals surface area contributed by atoms with E-state index < -0.39 is 12.0 Å². The molecule has 2 atom stereocenters. The number of aliphatic carboxylic acids is 1. The Balaban J connectivity index is 2.76. The molecule has 0 saturated heterocycles. The molecule has 1 aromatic carbocycles.